The Kier molecular flexibility index (Phi) is 2.14. The van der Waals surface area contributed by atoms with E-state index >= 15 is 0 Å². The molecule has 0 saturated heterocycles. The topological polar surface area (TPSA) is 17.3 Å². The van der Waals surface area contributed by atoms with Gasteiger partial charge in [0, 0.05) is 6.20 Å². The number of nitrogens with zero attached hydrogens (tertiary/aromatic N) is 2. The summed E-state index contributed by atoms with van der Waals surface area (Å²) in [6, 6.07) is 1.64. The lowest BCUT2D eigenvalue weighted by molar-refractivity contribution is 1.11. The molecule has 0 N–H and O–H groups in total. The minimum Gasteiger partial charge on any atom is -0.300 e. The number of halogens is 2. The van der Waals surface area contributed by atoms with E-state index < -0.39 is 0 Å². The minimum absolute atomic E-state index is 0.502. The van der Waals surface area contributed by atoms with Gasteiger partial charge in [-0.3, -0.25) is 0 Å². The Morgan fingerprint density at radius 1 is 1.50 bits per heavy atom. The number of hydrogen-bond acceptors (Lipinski definition) is 1. The van der Waals surface area contributed by atoms with Gasteiger partial charge in [-0.2, -0.15) is 0 Å². The zero-order valence-corrected chi connectivity index (χ0v) is 8.89. The summed E-state index contributed by atoms with van der Waals surface area (Å²) in [6.45, 7) is 1.88. The van der Waals surface area contributed by atoms with E-state index in [2.05, 4.69) is 10.9 Å². The lowest BCUT2D eigenvalue weighted by atomic mass is 10.3. The second kappa shape index (κ2) is 3.20. The van der Waals surface area contributed by atoms with Crippen LogP contribution in [0, 0.1) is 19.3 Å². The van der Waals surface area contributed by atoms with Crippen molar-refractivity contribution in [3.8, 4) is 12.3 Å². The number of pyridine rings is 1. The van der Waals surface area contributed by atoms with Gasteiger partial charge in [0.1, 0.15) is 5.69 Å². The van der Waals surface area contributed by atoms with Gasteiger partial charge in [0.05, 0.1) is 15.7 Å². The molecule has 0 aromatic carbocycles. The van der Waals surface area contributed by atoms with Gasteiger partial charge in [-0.15, -0.1) is 6.42 Å². The summed E-state index contributed by atoms with van der Waals surface area (Å²) in [4.78, 5) is 4.21. The lowest BCUT2D eigenvalue weighted by Gasteiger charge is -1.98. The van der Waals surface area contributed by atoms with Crippen molar-refractivity contribution in [3.63, 3.8) is 0 Å². The Hall–Kier alpha value is -1.17. The van der Waals surface area contributed by atoms with Gasteiger partial charge in [0.25, 0.3) is 0 Å². The molecule has 2 rings (SSSR count). The number of aromatic nitrogens is 2. The summed E-state index contributed by atoms with van der Waals surface area (Å²) < 4.78 is 1.79. The van der Waals surface area contributed by atoms with Crippen molar-refractivity contribution in [1.29, 1.82) is 0 Å². The van der Waals surface area contributed by atoms with Crippen LogP contribution in [0.3, 0.4) is 0 Å². The van der Waals surface area contributed by atoms with E-state index in [1.807, 2.05) is 6.92 Å². The number of rotatable bonds is 0. The molecule has 70 valence electrons. The smallest absolute Gasteiger partial charge is 0.157 e. The van der Waals surface area contributed by atoms with Crippen LogP contribution in [0.2, 0.25) is 10.0 Å². The van der Waals surface area contributed by atoms with E-state index in [1.165, 1.54) is 0 Å². The van der Waals surface area contributed by atoms with Crippen LogP contribution in [-0.4, -0.2) is 9.38 Å². The zero-order chi connectivity index (χ0) is 10.3. The summed E-state index contributed by atoms with van der Waals surface area (Å²) in [5, 5.41) is 1.06. The molecule has 2 aromatic rings. The van der Waals surface area contributed by atoms with E-state index in [1.54, 1.807) is 16.7 Å². The quantitative estimate of drug-likeness (QED) is 0.630. The molecule has 0 atom stereocenters. The minimum atomic E-state index is 0.502. The Balaban J connectivity index is 2.94. The van der Waals surface area contributed by atoms with Gasteiger partial charge < -0.3 is 4.40 Å². The molecule has 2 heterocycles. The summed E-state index contributed by atoms with van der Waals surface area (Å²) in [6.07, 6.45) is 7.04. The first-order valence-electron chi connectivity index (χ1n) is 3.94. The Labute approximate surface area is 91.5 Å². The second-order valence-corrected chi connectivity index (χ2v) is 3.73. The van der Waals surface area contributed by atoms with Crippen LogP contribution in [0.4, 0.5) is 0 Å². The third-order valence-corrected chi connectivity index (χ3v) is 2.50. The first kappa shape index (κ1) is 9.39. The number of aryl methyl sites for hydroxylation is 1. The van der Waals surface area contributed by atoms with Gasteiger partial charge in [-0.1, -0.05) is 23.2 Å². The maximum Gasteiger partial charge on any atom is 0.157 e. The molecule has 0 amide bonds. The molecule has 0 aliphatic rings. The molecule has 0 saturated carbocycles. The predicted molar refractivity (Wildman–Crippen MR) is 57.9 cm³/mol. The summed E-state index contributed by atoms with van der Waals surface area (Å²) in [5.41, 5.74) is 2.10. The molecular formula is C10H6Cl2N2. The maximum absolute atomic E-state index is 5.97. The van der Waals surface area contributed by atoms with Crippen molar-refractivity contribution in [3.05, 3.63) is 33.7 Å². The molecule has 0 aliphatic carbocycles. The van der Waals surface area contributed by atoms with Crippen molar-refractivity contribution in [2.45, 2.75) is 6.92 Å². The van der Waals surface area contributed by atoms with E-state index in [9.17, 15) is 0 Å². The molecule has 0 unspecified atom stereocenters. The van der Waals surface area contributed by atoms with Crippen molar-refractivity contribution in [2.24, 2.45) is 0 Å². The van der Waals surface area contributed by atoms with Crippen molar-refractivity contribution in [1.82, 2.24) is 9.38 Å². The Bertz CT molecular complexity index is 549. The molecule has 0 fully saturated rings. The normalized spacial score (nSPS) is 10.4. The van der Waals surface area contributed by atoms with Crippen molar-refractivity contribution in [2.75, 3.05) is 0 Å². The highest BCUT2D eigenvalue weighted by Gasteiger charge is 2.09. The number of imidazole rings is 1. The van der Waals surface area contributed by atoms with Gasteiger partial charge >= 0.3 is 0 Å². The maximum atomic E-state index is 5.97. The SMILES string of the molecule is C#Cc1nc2c(Cl)cc(Cl)cn2c1C. The molecule has 0 aliphatic heterocycles. The monoisotopic (exact) mass is 224 g/mol. The lowest BCUT2D eigenvalue weighted by Crippen LogP contribution is -1.88. The van der Waals surface area contributed by atoms with Crippen LogP contribution < -0.4 is 0 Å². The average molecular weight is 225 g/mol. The van der Waals surface area contributed by atoms with Gasteiger partial charge in [-0.25, -0.2) is 4.98 Å². The van der Waals surface area contributed by atoms with Crippen LogP contribution in [0.25, 0.3) is 5.65 Å². The van der Waals surface area contributed by atoms with E-state index in [0.29, 0.717) is 21.4 Å². The Morgan fingerprint density at radius 2 is 2.21 bits per heavy atom. The van der Waals surface area contributed by atoms with Crippen LogP contribution in [-0.2, 0) is 0 Å². The standard InChI is InChI=1S/C10H6Cl2N2/c1-3-9-6(2)14-5-7(11)4-8(12)10(14)13-9/h1,4-5H,2H3. The van der Waals surface area contributed by atoms with E-state index in [-0.39, 0.29) is 0 Å². The molecule has 2 nitrogen and oxygen atoms in total. The average Bonchev–Trinajstić information content (AvgIpc) is 2.44. The summed E-state index contributed by atoms with van der Waals surface area (Å²) in [5.74, 6) is 2.50. The van der Waals surface area contributed by atoms with Gasteiger partial charge in [-0.05, 0) is 18.9 Å². The third-order valence-electron chi connectivity index (χ3n) is 2.02. The largest absolute Gasteiger partial charge is 0.300 e. The molecular weight excluding hydrogens is 219 g/mol. The molecule has 0 spiro atoms. The number of terminal acetylenes is 1. The fourth-order valence-electron chi connectivity index (χ4n) is 1.32. The second-order valence-electron chi connectivity index (χ2n) is 2.89. The zero-order valence-electron chi connectivity index (χ0n) is 7.38. The van der Waals surface area contributed by atoms with E-state index in [4.69, 9.17) is 29.6 Å². The van der Waals surface area contributed by atoms with Crippen LogP contribution in [0.5, 0.6) is 0 Å². The fraction of sp³-hybridized carbons (Fsp3) is 0.100. The molecule has 0 radical (unpaired) electrons. The number of fused-ring (bicyclic) bond motifs is 1. The highest BCUT2D eigenvalue weighted by Crippen LogP contribution is 2.23. The van der Waals surface area contributed by atoms with Crippen LogP contribution in [0.15, 0.2) is 12.3 Å². The fourth-order valence-corrected chi connectivity index (χ4v) is 1.84. The van der Waals surface area contributed by atoms with E-state index in [0.717, 1.165) is 5.69 Å². The van der Waals surface area contributed by atoms with Crippen LogP contribution in [0.1, 0.15) is 11.4 Å². The molecule has 14 heavy (non-hydrogen) atoms. The predicted octanol–water partition coefficient (Wildman–Crippen LogP) is 2.93. The molecule has 4 heteroatoms. The van der Waals surface area contributed by atoms with Crippen molar-refractivity contribution < 1.29 is 0 Å². The number of hydrogen-bond donors (Lipinski definition) is 0. The Morgan fingerprint density at radius 3 is 2.86 bits per heavy atom. The molecule has 2 aromatic heterocycles. The highest BCUT2D eigenvalue weighted by molar-refractivity contribution is 6.36. The first-order chi connectivity index (χ1) is 6.63. The summed E-state index contributed by atoms with van der Waals surface area (Å²) in [7, 11) is 0. The highest BCUT2D eigenvalue weighted by atomic mass is 35.5. The van der Waals surface area contributed by atoms with Crippen LogP contribution >= 0.6 is 23.2 Å². The first-order valence-corrected chi connectivity index (χ1v) is 4.69. The molecule has 0 bridgehead atoms. The third kappa shape index (κ3) is 1.26. The van der Waals surface area contributed by atoms with Gasteiger partial charge in [0.15, 0.2) is 5.65 Å². The van der Waals surface area contributed by atoms with Gasteiger partial charge in [0.2, 0.25) is 0 Å². The van der Waals surface area contributed by atoms with Crippen molar-refractivity contribution >= 4 is 28.8 Å². The summed E-state index contributed by atoms with van der Waals surface area (Å²) >= 11 is 11.8.